The lowest BCUT2D eigenvalue weighted by atomic mass is 10.1. The van der Waals surface area contributed by atoms with E-state index < -0.39 is 0 Å². The van der Waals surface area contributed by atoms with Crippen LogP contribution in [-0.2, 0) is 11.3 Å². The topological polar surface area (TPSA) is 27.7 Å². The van der Waals surface area contributed by atoms with Gasteiger partial charge < -0.3 is 15.0 Å². The zero-order chi connectivity index (χ0) is 13.8. The lowest BCUT2D eigenvalue weighted by Crippen LogP contribution is -2.48. The zero-order valence-electron chi connectivity index (χ0n) is 12.3. The summed E-state index contributed by atoms with van der Waals surface area (Å²) in [5, 5.41) is 3.49. The predicted molar refractivity (Wildman–Crippen MR) is 82.2 cm³/mol. The summed E-state index contributed by atoms with van der Waals surface area (Å²) in [6, 6.07) is 9.67. The largest absolute Gasteiger partial charge is 0.378 e. The van der Waals surface area contributed by atoms with Crippen molar-refractivity contribution in [2.45, 2.75) is 19.5 Å². The molecule has 4 heteroatoms. The molecule has 0 aliphatic carbocycles. The molecule has 0 unspecified atom stereocenters. The van der Waals surface area contributed by atoms with Crippen LogP contribution in [-0.4, -0.2) is 56.9 Å². The molecule has 2 saturated heterocycles. The van der Waals surface area contributed by atoms with Crippen molar-refractivity contribution in [2.24, 2.45) is 0 Å². The number of hydrogen-bond donors (Lipinski definition) is 1. The minimum atomic E-state index is 0.608. The van der Waals surface area contributed by atoms with E-state index in [4.69, 9.17) is 4.74 Å². The van der Waals surface area contributed by atoms with Gasteiger partial charge in [-0.15, -0.1) is 0 Å². The Morgan fingerprint density at radius 2 is 1.90 bits per heavy atom. The van der Waals surface area contributed by atoms with Crippen LogP contribution in [0.3, 0.4) is 0 Å². The van der Waals surface area contributed by atoms with E-state index in [-0.39, 0.29) is 0 Å². The Bertz CT molecular complexity index is 414. The van der Waals surface area contributed by atoms with Crippen molar-refractivity contribution in [3.8, 4) is 0 Å². The van der Waals surface area contributed by atoms with Crippen LogP contribution in [0, 0.1) is 0 Å². The minimum absolute atomic E-state index is 0.608. The quantitative estimate of drug-likeness (QED) is 0.900. The molecule has 3 rings (SSSR count). The summed E-state index contributed by atoms with van der Waals surface area (Å²) in [5.41, 5.74) is 2.74. The standard InChI is InChI=1S/C16H25N3O/c1-14-12-18(7-6-17-14)13-15-2-4-16(5-3-15)19-8-10-20-11-9-19/h2-5,14,17H,6-13H2,1H3/t14-/m1/s1. The van der Waals surface area contributed by atoms with Crippen LogP contribution in [0.4, 0.5) is 5.69 Å². The molecular weight excluding hydrogens is 250 g/mol. The smallest absolute Gasteiger partial charge is 0.0642 e. The van der Waals surface area contributed by atoms with Crippen LogP contribution in [0.2, 0.25) is 0 Å². The first-order valence-electron chi connectivity index (χ1n) is 7.68. The number of hydrogen-bond acceptors (Lipinski definition) is 4. The van der Waals surface area contributed by atoms with Crippen molar-refractivity contribution in [1.82, 2.24) is 10.2 Å². The van der Waals surface area contributed by atoms with Crippen molar-refractivity contribution in [3.05, 3.63) is 29.8 Å². The molecule has 110 valence electrons. The van der Waals surface area contributed by atoms with Crippen LogP contribution < -0.4 is 10.2 Å². The van der Waals surface area contributed by atoms with Crippen LogP contribution in [0.1, 0.15) is 12.5 Å². The molecule has 0 saturated carbocycles. The SMILES string of the molecule is C[C@@H]1CN(Cc2ccc(N3CCOCC3)cc2)CCN1. The fourth-order valence-electron chi connectivity index (χ4n) is 3.05. The fourth-order valence-corrected chi connectivity index (χ4v) is 3.05. The highest BCUT2D eigenvalue weighted by Crippen LogP contribution is 2.17. The maximum atomic E-state index is 5.40. The second-order valence-corrected chi connectivity index (χ2v) is 5.86. The van der Waals surface area contributed by atoms with E-state index in [1.54, 1.807) is 0 Å². The summed E-state index contributed by atoms with van der Waals surface area (Å²) in [5.74, 6) is 0. The average molecular weight is 275 g/mol. The average Bonchev–Trinajstić information content (AvgIpc) is 2.49. The Morgan fingerprint density at radius 3 is 2.60 bits per heavy atom. The molecule has 1 aromatic carbocycles. The Kier molecular flexibility index (Phi) is 4.55. The molecule has 20 heavy (non-hydrogen) atoms. The number of morpholine rings is 1. The van der Waals surface area contributed by atoms with E-state index in [1.807, 2.05) is 0 Å². The van der Waals surface area contributed by atoms with Crippen molar-refractivity contribution in [2.75, 3.05) is 50.8 Å². The Hall–Kier alpha value is -1.10. The van der Waals surface area contributed by atoms with Gasteiger partial charge in [0, 0.05) is 51.0 Å². The highest BCUT2D eigenvalue weighted by molar-refractivity contribution is 5.47. The Labute approximate surface area is 121 Å². The third-order valence-corrected chi connectivity index (χ3v) is 4.17. The lowest BCUT2D eigenvalue weighted by molar-refractivity contribution is 0.122. The van der Waals surface area contributed by atoms with Crippen LogP contribution in [0.25, 0.3) is 0 Å². The van der Waals surface area contributed by atoms with Gasteiger partial charge in [-0.3, -0.25) is 4.90 Å². The molecule has 1 aromatic rings. The predicted octanol–water partition coefficient (Wildman–Crippen LogP) is 1.32. The Balaban J connectivity index is 1.58. The van der Waals surface area contributed by atoms with Gasteiger partial charge >= 0.3 is 0 Å². The molecule has 0 spiro atoms. The van der Waals surface area contributed by atoms with Gasteiger partial charge in [-0.1, -0.05) is 12.1 Å². The van der Waals surface area contributed by atoms with Crippen molar-refractivity contribution in [3.63, 3.8) is 0 Å². The van der Waals surface area contributed by atoms with Crippen LogP contribution >= 0.6 is 0 Å². The number of nitrogens with zero attached hydrogens (tertiary/aromatic N) is 2. The highest BCUT2D eigenvalue weighted by Gasteiger charge is 2.16. The monoisotopic (exact) mass is 275 g/mol. The van der Waals surface area contributed by atoms with E-state index in [0.29, 0.717) is 6.04 Å². The zero-order valence-corrected chi connectivity index (χ0v) is 12.3. The summed E-state index contributed by atoms with van der Waals surface area (Å²) in [4.78, 5) is 4.94. The summed E-state index contributed by atoms with van der Waals surface area (Å²) >= 11 is 0. The van der Waals surface area contributed by atoms with Crippen molar-refractivity contribution < 1.29 is 4.74 Å². The van der Waals surface area contributed by atoms with Gasteiger partial charge in [-0.25, -0.2) is 0 Å². The summed E-state index contributed by atoms with van der Waals surface area (Å²) in [6.45, 7) is 10.4. The molecule has 2 aliphatic heterocycles. The normalized spacial score (nSPS) is 24.9. The molecule has 0 aromatic heterocycles. The second kappa shape index (κ2) is 6.57. The molecular formula is C16H25N3O. The molecule has 4 nitrogen and oxygen atoms in total. The third-order valence-electron chi connectivity index (χ3n) is 4.17. The van der Waals surface area contributed by atoms with E-state index in [2.05, 4.69) is 46.3 Å². The van der Waals surface area contributed by atoms with Gasteiger partial charge in [0.25, 0.3) is 0 Å². The van der Waals surface area contributed by atoms with Gasteiger partial charge in [0.2, 0.25) is 0 Å². The van der Waals surface area contributed by atoms with Crippen molar-refractivity contribution >= 4 is 5.69 Å². The van der Waals surface area contributed by atoms with E-state index in [1.165, 1.54) is 11.3 Å². The first-order valence-corrected chi connectivity index (χ1v) is 7.68. The van der Waals surface area contributed by atoms with Gasteiger partial charge in [0.15, 0.2) is 0 Å². The van der Waals surface area contributed by atoms with Gasteiger partial charge in [0.1, 0.15) is 0 Å². The number of ether oxygens (including phenoxy) is 1. The summed E-state index contributed by atoms with van der Waals surface area (Å²) in [7, 11) is 0. The van der Waals surface area contributed by atoms with Crippen LogP contribution in [0.5, 0.6) is 0 Å². The molecule has 1 atom stereocenters. The Morgan fingerprint density at radius 1 is 1.15 bits per heavy atom. The number of anilines is 1. The van der Waals surface area contributed by atoms with Crippen LogP contribution in [0.15, 0.2) is 24.3 Å². The maximum absolute atomic E-state index is 5.40. The highest BCUT2D eigenvalue weighted by atomic mass is 16.5. The minimum Gasteiger partial charge on any atom is -0.378 e. The first kappa shape index (κ1) is 13.9. The van der Waals surface area contributed by atoms with E-state index in [0.717, 1.165) is 52.5 Å². The lowest BCUT2D eigenvalue weighted by Gasteiger charge is -2.32. The second-order valence-electron chi connectivity index (χ2n) is 5.86. The van der Waals surface area contributed by atoms with E-state index in [9.17, 15) is 0 Å². The third kappa shape index (κ3) is 3.51. The summed E-state index contributed by atoms with van der Waals surface area (Å²) in [6.07, 6.45) is 0. The summed E-state index contributed by atoms with van der Waals surface area (Å²) < 4.78 is 5.40. The van der Waals surface area contributed by atoms with Gasteiger partial charge in [-0.05, 0) is 24.6 Å². The number of nitrogens with one attached hydrogen (secondary N) is 1. The first-order chi connectivity index (χ1) is 9.81. The molecule has 0 bridgehead atoms. The number of rotatable bonds is 3. The number of benzene rings is 1. The molecule has 0 radical (unpaired) electrons. The fraction of sp³-hybridized carbons (Fsp3) is 0.625. The number of piperazine rings is 1. The molecule has 1 N–H and O–H groups in total. The van der Waals surface area contributed by atoms with Gasteiger partial charge in [0.05, 0.1) is 13.2 Å². The molecule has 2 heterocycles. The van der Waals surface area contributed by atoms with Gasteiger partial charge in [-0.2, -0.15) is 0 Å². The maximum Gasteiger partial charge on any atom is 0.0642 e. The molecule has 0 amide bonds. The van der Waals surface area contributed by atoms with Crippen molar-refractivity contribution in [1.29, 1.82) is 0 Å². The molecule has 2 fully saturated rings. The molecule has 2 aliphatic rings. The van der Waals surface area contributed by atoms with E-state index >= 15 is 0 Å².